The van der Waals surface area contributed by atoms with Crippen LogP contribution in [0.25, 0.3) is 0 Å². The first-order valence-corrected chi connectivity index (χ1v) is 4.94. The van der Waals surface area contributed by atoms with Crippen LogP contribution in [0.15, 0.2) is 23.0 Å². The lowest BCUT2D eigenvalue weighted by Gasteiger charge is -2.14. The SMILES string of the molecule is CCNCCn1c(C(F)(F)F)cccc1=O. The molecule has 1 aromatic rings. The van der Waals surface area contributed by atoms with E-state index in [1.165, 1.54) is 0 Å². The number of nitrogens with one attached hydrogen (secondary N) is 1. The first-order chi connectivity index (χ1) is 7.46. The number of rotatable bonds is 4. The summed E-state index contributed by atoms with van der Waals surface area (Å²) in [7, 11) is 0. The Morgan fingerprint density at radius 2 is 2.06 bits per heavy atom. The van der Waals surface area contributed by atoms with Gasteiger partial charge in [0.25, 0.3) is 5.56 Å². The molecule has 6 heteroatoms. The van der Waals surface area contributed by atoms with Crippen LogP contribution in [0.3, 0.4) is 0 Å². The fraction of sp³-hybridized carbons (Fsp3) is 0.500. The molecule has 3 nitrogen and oxygen atoms in total. The lowest BCUT2D eigenvalue weighted by Crippen LogP contribution is -2.31. The number of halogens is 3. The number of aromatic nitrogens is 1. The smallest absolute Gasteiger partial charge is 0.315 e. The van der Waals surface area contributed by atoms with Crippen LogP contribution in [0, 0.1) is 0 Å². The van der Waals surface area contributed by atoms with Crippen molar-refractivity contribution in [1.29, 1.82) is 0 Å². The minimum absolute atomic E-state index is 0.0162. The fourth-order valence-electron chi connectivity index (χ4n) is 1.37. The molecular formula is C10H13F3N2O. The molecular weight excluding hydrogens is 221 g/mol. The van der Waals surface area contributed by atoms with Crippen LogP contribution in [0.1, 0.15) is 12.6 Å². The second kappa shape index (κ2) is 5.16. The predicted octanol–water partition coefficient (Wildman–Crippen LogP) is 1.48. The summed E-state index contributed by atoms with van der Waals surface area (Å²) in [6.07, 6.45) is -4.49. The summed E-state index contributed by atoms with van der Waals surface area (Å²) in [5.41, 5.74) is -1.54. The molecule has 0 spiro atoms. The molecule has 1 aromatic heterocycles. The van der Waals surface area contributed by atoms with Gasteiger partial charge in [-0.25, -0.2) is 0 Å². The zero-order valence-electron chi connectivity index (χ0n) is 8.84. The Labute approximate surface area is 90.9 Å². The van der Waals surface area contributed by atoms with Gasteiger partial charge in [0, 0.05) is 19.2 Å². The summed E-state index contributed by atoms with van der Waals surface area (Å²) in [6, 6.07) is 3.16. The number of pyridine rings is 1. The van der Waals surface area contributed by atoms with Gasteiger partial charge in [-0.1, -0.05) is 13.0 Å². The van der Waals surface area contributed by atoms with E-state index in [4.69, 9.17) is 0 Å². The first kappa shape index (κ1) is 12.8. The minimum Gasteiger partial charge on any atom is -0.315 e. The van der Waals surface area contributed by atoms with Crippen LogP contribution < -0.4 is 10.9 Å². The summed E-state index contributed by atoms with van der Waals surface area (Å²) < 4.78 is 38.4. The molecule has 0 amide bonds. The normalized spacial score (nSPS) is 11.8. The monoisotopic (exact) mass is 234 g/mol. The van der Waals surface area contributed by atoms with Crippen LogP contribution in [-0.2, 0) is 12.7 Å². The van der Waals surface area contributed by atoms with Gasteiger partial charge in [0.15, 0.2) is 0 Å². The van der Waals surface area contributed by atoms with E-state index in [0.717, 1.165) is 22.8 Å². The Balaban J connectivity index is 3.00. The molecule has 0 aliphatic rings. The highest BCUT2D eigenvalue weighted by atomic mass is 19.4. The van der Waals surface area contributed by atoms with E-state index in [2.05, 4.69) is 5.32 Å². The van der Waals surface area contributed by atoms with Gasteiger partial charge in [0.2, 0.25) is 0 Å². The molecule has 1 rings (SSSR count). The maximum atomic E-state index is 12.6. The van der Waals surface area contributed by atoms with Gasteiger partial charge in [-0.15, -0.1) is 0 Å². The molecule has 0 unspecified atom stereocenters. The molecule has 0 aromatic carbocycles. The highest BCUT2D eigenvalue weighted by Gasteiger charge is 2.33. The quantitative estimate of drug-likeness (QED) is 0.800. The Hall–Kier alpha value is -1.30. The number of likely N-dealkylation sites (N-methyl/N-ethyl adjacent to an activating group) is 1. The topological polar surface area (TPSA) is 34.0 Å². The van der Waals surface area contributed by atoms with Crippen LogP contribution >= 0.6 is 0 Å². The van der Waals surface area contributed by atoms with Crippen molar-refractivity contribution < 1.29 is 13.2 Å². The number of hydrogen-bond donors (Lipinski definition) is 1. The molecule has 0 atom stereocenters. The van der Waals surface area contributed by atoms with E-state index < -0.39 is 17.4 Å². The second-order valence-electron chi connectivity index (χ2n) is 3.25. The second-order valence-corrected chi connectivity index (χ2v) is 3.25. The Bertz CT molecular complexity index is 398. The van der Waals surface area contributed by atoms with Crippen molar-refractivity contribution in [2.45, 2.75) is 19.6 Å². The summed E-state index contributed by atoms with van der Waals surface area (Å²) in [5, 5.41) is 2.88. The summed E-state index contributed by atoms with van der Waals surface area (Å²) >= 11 is 0. The average Bonchev–Trinajstić information content (AvgIpc) is 2.19. The van der Waals surface area contributed by atoms with Gasteiger partial charge in [-0.05, 0) is 12.6 Å². The maximum absolute atomic E-state index is 12.6. The van der Waals surface area contributed by atoms with Crippen LogP contribution in [0.2, 0.25) is 0 Å². The maximum Gasteiger partial charge on any atom is 0.431 e. The summed E-state index contributed by atoms with van der Waals surface area (Å²) in [4.78, 5) is 11.3. The Morgan fingerprint density at radius 3 is 2.62 bits per heavy atom. The third-order valence-corrected chi connectivity index (χ3v) is 2.10. The van der Waals surface area contributed by atoms with Gasteiger partial charge >= 0.3 is 6.18 Å². The van der Waals surface area contributed by atoms with Gasteiger partial charge in [0.05, 0.1) is 0 Å². The van der Waals surface area contributed by atoms with Gasteiger partial charge in [-0.3, -0.25) is 4.79 Å². The van der Waals surface area contributed by atoms with E-state index in [1.54, 1.807) is 0 Å². The molecule has 16 heavy (non-hydrogen) atoms. The van der Waals surface area contributed by atoms with E-state index in [-0.39, 0.29) is 6.54 Å². The zero-order chi connectivity index (χ0) is 12.2. The molecule has 0 radical (unpaired) electrons. The third-order valence-electron chi connectivity index (χ3n) is 2.10. The Morgan fingerprint density at radius 1 is 1.38 bits per heavy atom. The predicted molar refractivity (Wildman–Crippen MR) is 54.2 cm³/mol. The zero-order valence-corrected chi connectivity index (χ0v) is 8.84. The molecule has 0 aliphatic heterocycles. The van der Waals surface area contributed by atoms with Gasteiger partial charge in [-0.2, -0.15) is 13.2 Å². The minimum atomic E-state index is -4.49. The summed E-state index contributed by atoms with van der Waals surface area (Å²) in [5.74, 6) is 0. The van der Waals surface area contributed by atoms with E-state index >= 15 is 0 Å². The van der Waals surface area contributed by atoms with Gasteiger partial charge < -0.3 is 9.88 Å². The van der Waals surface area contributed by atoms with Crippen molar-refractivity contribution >= 4 is 0 Å². The van der Waals surface area contributed by atoms with E-state index in [1.807, 2.05) is 6.92 Å². The molecule has 1 N–H and O–H groups in total. The summed E-state index contributed by atoms with van der Waals surface area (Å²) in [6.45, 7) is 2.85. The van der Waals surface area contributed by atoms with Crippen molar-refractivity contribution in [1.82, 2.24) is 9.88 Å². The number of hydrogen-bond acceptors (Lipinski definition) is 2. The van der Waals surface area contributed by atoms with Crippen molar-refractivity contribution in [3.8, 4) is 0 Å². The average molecular weight is 234 g/mol. The van der Waals surface area contributed by atoms with Crippen molar-refractivity contribution in [3.05, 3.63) is 34.2 Å². The molecule has 1 heterocycles. The number of nitrogens with zero attached hydrogens (tertiary/aromatic N) is 1. The lowest BCUT2D eigenvalue weighted by atomic mass is 10.3. The fourth-order valence-corrected chi connectivity index (χ4v) is 1.37. The first-order valence-electron chi connectivity index (χ1n) is 4.94. The van der Waals surface area contributed by atoms with Gasteiger partial charge in [0.1, 0.15) is 5.69 Å². The van der Waals surface area contributed by atoms with Crippen LogP contribution in [0.5, 0.6) is 0 Å². The molecule has 0 saturated heterocycles. The van der Waals surface area contributed by atoms with Crippen molar-refractivity contribution in [2.24, 2.45) is 0 Å². The molecule has 90 valence electrons. The standard InChI is InChI=1S/C10H13F3N2O/c1-2-14-6-7-15-8(10(11,12)13)4-3-5-9(15)16/h3-5,14H,2,6-7H2,1H3. The van der Waals surface area contributed by atoms with E-state index in [9.17, 15) is 18.0 Å². The molecule has 0 bridgehead atoms. The Kier molecular flexibility index (Phi) is 4.12. The number of alkyl halides is 3. The van der Waals surface area contributed by atoms with Crippen LogP contribution in [-0.4, -0.2) is 17.7 Å². The van der Waals surface area contributed by atoms with Crippen LogP contribution in [0.4, 0.5) is 13.2 Å². The van der Waals surface area contributed by atoms with Crippen molar-refractivity contribution in [2.75, 3.05) is 13.1 Å². The third kappa shape index (κ3) is 3.10. The van der Waals surface area contributed by atoms with E-state index in [0.29, 0.717) is 13.1 Å². The molecule has 0 saturated carbocycles. The molecule has 0 aliphatic carbocycles. The lowest BCUT2D eigenvalue weighted by molar-refractivity contribution is -0.144. The largest absolute Gasteiger partial charge is 0.431 e. The highest BCUT2D eigenvalue weighted by molar-refractivity contribution is 5.10. The highest BCUT2D eigenvalue weighted by Crippen LogP contribution is 2.27. The molecule has 0 fully saturated rings. The van der Waals surface area contributed by atoms with Crippen molar-refractivity contribution in [3.63, 3.8) is 0 Å².